The van der Waals surface area contributed by atoms with Gasteiger partial charge in [0.15, 0.2) is 0 Å². The van der Waals surface area contributed by atoms with E-state index in [1.807, 2.05) is 47.4 Å². The van der Waals surface area contributed by atoms with E-state index in [2.05, 4.69) is 15.3 Å². The van der Waals surface area contributed by atoms with E-state index in [1.165, 1.54) is 0 Å². The van der Waals surface area contributed by atoms with Crippen molar-refractivity contribution in [3.63, 3.8) is 0 Å². The first kappa shape index (κ1) is 24.4. The molecule has 1 aromatic carbocycles. The molecule has 1 aliphatic heterocycles. The molecule has 0 spiro atoms. The van der Waals surface area contributed by atoms with Crippen LogP contribution in [0.4, 0.5) is 0 Å². The number of carbonyl (C=O) groups excluding carboxylic acids is 2. The van der Waals surface area contributed by atoms with Crippen LogP contribution >= 0.6 is 11.6 Å². The van der Waals surface area contributed by atoms with Gasteiger partial charge in [0.1, 0.15) is 17.5 Å². The summed E-state index contributed by atoms with van der Waals surface area (Å²) < 4.78 is 6.33. The maximum Gasteiger partial charge on any atom is 0.270 e. The van der Waals surface area contributed by atoms with Gasteiger partial charge in [0.05, 0.1) is 5.69 Å². The minimum absolute atomic E-state index is 0.0556. The summed E-state index contributed by atoms with van der Waals surface area (Å²) in [4.78, 5) is 35.0. The first-order valence-electron chi connectivity index (χ1n) is 11.5. The highest BCUT2D eigenvalue weighted by Crippen LogP contribution is 2.26. The van der Waals surface area contributed by atoms with Gasteiger partial charge in [0.2, 0.25) is 5.91 Å². The maximum atomic E-state index is 12.8. The Hall–Kier alpha value is -3.71. The summed E-state index contributed by atoms with van der Waals surface area (Å²) in [5, 5.41) is 3.53. The highest BCUT2D eigenvalue weighted by atomic mass is 35.5. The van der Waals surface area contributed by atoms with Gasteiger partial charge in [-0.1, -0.05) is 29.8 Å². The minimum Gasteiger partial charge on any atom is -0.490 e. The fraction of sp³-hybridized carbons (Fsp3) is 0.259. The lowest BCUT2D eigenvalue weighted by Crippen LogP contribution is -2.40. The molecule has 0 radical (unpaired) electrons. The second-order valence-electron chi connectivity index (χ2n) is 8.33. The second kappa shape index (κ2) is 11.6. The Morgan fingerprint density at radius 3 is 2.57 bits per heavy atom. The summed E-state index contributed by atoms with van der Waals surface area (Å²) in [6.07, 6.45) is 8.52. The summed E-state index contributed by atoms with van der Waals surface area (Å²) in [7, 11) is 0. The molecule has 0 unspecified atom stereocenters. The molecule has 180 valence electrons. The molecule has 2 amide bonds. The number of hydrogen-bond donors (Lipinski definition) is 1. The van der Waals surface area contributed by atoms with E-state index >= 15 is 0 Å². The zero-order chi connectivity index (χ0) is 24.6. The molecule has 8 heteroatoms. The van der Waals surface area contributed by atoms with Gasteiger partial charge in [0.25, 0.3) is 5.91 Å². The van der Waals surface area contributed by atoms with Crippen molar-refractivity contribution in [2.45, 2.75) is 32.4 Å². The van der Waals surface area contributed by atoms with Crippen molar-refractivity contribution < 1.29 is 14.3 Å². The Morgan fingerprint density at radius 1 is 1.11 bits per heavy atom. The van der Waals surface area contributed by atoms with Gasteiger partial charge < -0.3 is 15.0 Å². The van der Waals surface area contributed by atoms with Gasteiger partial charge in [-0.25, -0.2) is 0 Å². The van der Waals surface area contributed by atoms with E-state index in [1.54, 1.807) is 37.5 Å². The molecule has 0 aliphatic carbocycles. The van der Waals surface area contributed by atoms with Crippen LogP contribution in [0.15, 0.2) is 60.9 Å². The Labute approximate surface area is 209 Å². The molecular weight excluding hydrogens is 464 g/mol. The Balaban J connectivity index is 1.51. The van der Waals surface area contributed by atoms with Gasteiger partial charge in [-0.3, -0.25) is 19.6 Å². The fourth-order valence-electron chi connectivity index (χ4n) is 3.79. The molecular formula is C27H27ClN4O3. The lowest BCUT2D eigenvalue weighted by Gasteiger charge is -2.31. The fourth-order valence-corrected chi connectivity index (χ4v) is 3.92. The van der Waals surface area contributed by atoms with Crippen LogP contribution in [0.2, 0.25) is 5.02 Å². The summed E-state index contributed by atoms with van der Waals surface area (Å²) in [5.41, 5.74) is 2.76. The number of nitrogens with zero attached hydrogens (tertiary/aromatic N) is 3. The molecule has 2 aromatic heterocycles. The number of benzene rings is 1. The normalized spacial score (nSPS) is 14.2. The van der Waals surface area contributed by atoms with Crippen LogP contribution in [0.5, 0.6) is 5.75 Å². The number of amides is 2. The summed E-state index contributed by atoms with van der Waals surface area (Å²) in [6.45, 7) is 3.25. The number of likely N-dealkylation sites (tertiary alicyclic amines) is 1. The largest absolute Gasteiger partial charge is 0.490 e. The van der Waals surface area contributed by atoms with E-state index in [4.69, 9.17) is 16.3 Å². The van der Waals surface area contributed by atoms with Gasteiger partial charge in [-0.2, -0.15) is 0 Å². The van der Waals surface area contributed by atoms with E-state index in [9.17, 15) is 9.59 Å². The molecule has 1 N–H and O–H groups in total. The number of halogens is 1. The Bertz CT molecular complexity index is 1190. The number of pyridine rings is 2. The average Bonchev–Trinajstić information content (AvgIpc) is 2.88. The minimum atomic E-state index is -0.295. The number of aromatic nitrogens is 2. The van der Waals surface area contributed by atoms with Crippen LogP contribution in [-0.4, -0.2) is 45.9 Å². The third-order valence-electron chi connectivity index (χ3n) is 5.80. The molecule has 3 heterocycles. The maximum absolute atomic E-state index is 12.8. The molecule has 0 saturated carbocycles. The lowest BCUT2D eigenvalue weighted by atomic mass is 10.1. The van der Waals surface area contributed by atoms with Crippen molar-refractivity contribution in [1.82, 2.24) is 20.2 Å². The quantitative estimate of drug-likeness (QED) is 0.522. The van der Waals surface area contributed by atoms with Crippen LogP contribution in [-0.2, 0) is 11.3 Å². The van der Waals surface area contributed by atoms with Crippen molar-refractivity contribution in [2.24, 2.45) is 0 Å². The van der Waals surface area contributed by atoms with E-state index < -0.39 is 0 Å². The SMILES string of the molecule is CC(=O)N1CCC(Oc2cc(C(=O)NCc3ccc(Cl)cc3)ncc2/C=C\c2ccccn2)CC1. The first-order chi connectivity index (χ1) is 17.0. The van der Waals surface area contributed by atoms with Crippen molar-refractivity contribution in [2.75, 3.05) is 13.1 Å². The van der Waals surface area contributed by atoms with Crippen molar-refractivity contribution in [3.8, 4) is 5.75 Å². The van der Waals surface area contributed by atoms with Gasteiger partial charge in [0, 0.05) is 68.4 Å². The van der Waals surface area contributed by atoms with Gasteiger partial charge in [-0.05, 0) is 42.0 Å². The predicted octanol–water partition coefficient (Wildman–Crippen LogP) is 4.62. The first-order valence-corrected chi connectivity index (χ1v) is 11.9. The monoisotopic (exact) mass is 490 g/mol. The average molecular weight is 491 g/mol. The third-order valence-corrected chi connectivity index (χ3v) is 6.05. The van der Waals surface area contributed by atoms with Crippen LogP contribution in [0.1, 0.15) is 47.1 Å². The van der Waals surface area contributed by atoms with E-state index in [0.717, 1.165) is 29.7 Å². The summed E-state index contributed by atoms with van der Waals surface area (Å²) in [6, 6.07) is 14.7. The molecule has 1 aliphatic rings. The number of ether oxygens (including phenoxy) is 1. The van der Waals surface area contributed by atoms with Crippen LogP contribution in [0.25, 0.3) is 12.2 Å². The zero-order valence-electron chi connectivity index (χ0n) is 19.5. The summed E-state index contributed by atoms with van der Waals surface area (Å²) in [5.74, 6) is 0.354. The molecule has 35 heavy (non-hydrogen) atoms. The molecule has 3 aromatic rings. The van der Waals surface area contributed by atoms with Gasteiger partial charge in [-0.15, -0.1) is 0 Å². The predicted molar refractivity (Wildman–Crippen MR) is 136 cm³/mol. The highest BCUT2D eigenvalue weighted by Gasteiger charge is 2.23. The second-order valence-corrected chi connectivity index (χ2v) is 8.76. The molecule has 0 atom stereocenters. The third kappa shape index (κ3) is 6.90. The van der Waals surface area contributed by atoms with Crippen LogP contribution in [0.3, 0.4) is 0 Å². The van der Waals surface area contributed by atoms with E-state index in [0.29, 0.717) is 30.4 Å². The highest BCUT2D eigenvalue weighted by molar-refractivity contribution is 6.30. The number of hydrogen-bond acceptors (Lipinski definition) is 5. The molecule has 7 nitrogen and oxygen atoms in total. The molecule has 1 saturated heterocycles. The van der Waals surface area contributed by atoms with Gasteiger partial charge >= 0.3 is 0 Å². The Morgan fingerprint density at radius 2 is 1.89 bits per heavy atom. The number of piperidine rings is 1. The zero-order valence-corrected chi connectivity index (χ0v) is 20.2. The molecule has 0 bridgehead atoms. The topological polar surface area (TPSA) is 84.4 Å². The molecule has 4 rings (SSSR count). The standard InChI is InChI=1S/C27H27ClN4O3/c1-19(33)32-14-11-24(12-15-32)35-26-16-25(27(34)31-17-20-5-8-22(28)9-6-20)30-18-21(26)7-10-23-4-2-3-13-29-23/h2-10,13,16,18,24H,11-12,14-15,17H2,1H3,(H,31,34)/b10-7-. The summed E-state index contributed by atoms with van der Waals surface area (Å²) >= 11 is 5.93. The number of carbonyl (C=O) groups is 2. The lowest BCUT2D eigenvalue weighted by molar-refractivity contribution is -0.130. The van der Waals surface area contributed by atoms with Crippen molar-refractivity contribution in [3.05, 3.63) is 88.5 Å². The van der Waals surface area contributed by atoms with Crippen molar-refractivity contribution >= 4 is 35.6 Å². The molecule has 1 fully saturated rings. The van der Waals surface area contributed by atoms with E-state index in [-0.39, 0.29) is 23.6 Å². The smallest absolute Gasteiger partial charge is 0.270 e. The van der Waals surface area contributed by atoms with Crippen LogP contribution < -0.4 is 10.1 Å². The Kier molecular flexibility index (Phi) is 8.11. The van der Waals surface area contributed by atoms with Crippen LogP contribution in [0, 0.1) is 0 Å². The number of rotatable bonds is 7. The number of nitrogens with one attached hydrogen (secondary N) is 1. The van der Waals surface area contributed by atoms with Crippen molar-refractivity contribution in [1.29, 1.82) is 0 Å².